The van der Waals surface area contributed by atoms with Crippen molar-refractivity contribution in [1.29, 1.82) is 0 Å². The highest BCUT2D eigenvalue weighted by atomic mass is 16.4. The van der Waals surface area contributed by atoms with Crippen LogP contribution in [0.2, 0.25) is 0 Å². The van der Waals surface area contributed by atoms with E-state index in [1.165, 1.54) is 12.8 Å². The van der Waals surface area contributed by atoms with Gasteiger partial charge in [-0.3, -0.25) is 4.79 Å². The van der Waals surface area contributed by atoms with Crippen LogP contribution in [-0.4, -0.2) is 23.0 Å². The molecule has 0 aliphatic heterocycles. The zero-order valence-corrected chi connectivity index (χ0v) is 11.7. The highest BCUT2D eigenvalue weighted by molar-refractivity contribution is 5.87. The zero-order chi connectivity index (χ0) is 13.8. The first kappa shape index (κ1) is 15.0. The standard InChI is InChI=1S/C14H25NO3/c1-4-7-11(12(16)17)15-13(18)14(2,3)10-8-5-6-9-10/h10-11H,4-9H2,1-3H3,(H,15,18)(H,16,17). The Labute approximate surface area is 109 Å². The van der Waals surface area contributed by atoms with E-state index in [1.807, 2.05) is 20.8 Å². The molecule has 0 bridgehead atoms. The quantitative estimate of drug-likeness (QED) is 0.766. The summed E-state index contributed by atoms with van der Waals surface area (Å²) >= 11 is 0. The van der Waals surface area contributed by atoms with Crippen molar-refractivity contribution in [3.8, 4) is 0 Å². The van der Waals surface area contributed by atoms with Crippen molar-refractivity contribution in [2.75, 3.05) is 0 Å². The topological polar surface area (TPSA) is 66.4 Å². The number of aliphatic carboxylic acids is 1. The van der Waals surface area contributed by atoms with Crippen molar-refractivity contribution >= 4 is 11.9 Å². The molecule has 1 aliphatic rings. The number of carbonyl (C=O) groups excluding carboxylic acids is 1. The molecule has 0 radical (unpaired) electrons. The van der Waals surface area contributed by atoms with Crippen LogP contribution in [0, 0.1) is 11.3 Å². The number of rotatable bonds is 6. The third-order valence-corrected chi connectivity index (χ3v) is 4.14. The smallest absolute Gasteiger partial charge is 0.326 e. The first-order valence-corrected chi connectivity index (χ1v) is 6.93. The molecule has 1 rings (SSSR count). The number of hydrogen-bond acceptors (Lipinski definition) is 2. The third kappa shape index (κ3) is 3.47. The molecule has 1 unspecified atom stereocenters. The average Bonchev–Trinajstić information content (AvgIpc) is 2.81. The molecule has 4 nitrogen and oxygen atoms in total. The SMILES string of the molecule is CCCC(NC(=O)C(C)(C)C1CCCC1)C(=O)O. The summed E-state index contributed by atoms with van der Waals surface area (Å²) in [6, 6.07) is -0.747. The molecule has 0 aromatic heterocycles. The molecule has 0 aromatic carbocycles. The summed E-state index contributed by atoms with van der Waals surface area (Å²) in [5, 5.41) is 11.8. The Kier molecular flexibility index (Phi) is 5.17. The van der Waals surface area contributed by atoms with Crippen molar-refractivity contribution in [1.82, 2.24) is 5.32 Å². The summed E-state index contributed by atoms with van der Waals surface area (Å²) in [5.41, 5.74) is -0.460. The summed E-state index contributed by atoms with van der Waals surface area (Å²) in [6.45, 7) is 5.79. The van der Waals surface area contributed by atoms with Crippen LogP contribution in [0.4, 0.5) is 0 Å². The van der Waals surface area contributed by atoms with Gasteiger partial charge in [-0.1, -0.05) is 40.0 Å². The van der Waals surface area contributed by atoms with Crippen LogP contribution in [-0.2, 0) is 9.59 Å². The van der Waals surface area contributed by atoms with Crippen molar-refractivity contribution in [3.05, 3.63) is 0 Å². The predicted octanol–water partition coefficient (Wildman–Crippen LogP) is 2.57. The first-order valence-electron chi connectivity index (χ1n) is 6.93. The summed E-state index contributed by atoms with van der Waals surface area (Å²) in [4.78, 5) is 23.3. The normalized spacial score (nSPS) is 18.6. The van der Waals surface area contributed by atoms with E-state index in [9.17, 15) is 9.59 Å². The van der Waals surface area contributed by atoms with Crippen molar-refractivity contribution < 1.29 is 14.7 Å². The van der Waals surface area contributed by atoms with Gasteiger partial charge in [-0.2, -0.15) is 0 Å². The number of nitrogens with one attached hydrogen (secondary N) is 1. The van der Waals surface area contributed by atoms with Gasteiger partial charge in [-0.15, -0.1) is 0 Å². The number of carboxylic acids is 1. The summed E-state index contributed by atoms with van der Waals surface area (Å²) in [5.74, 6) is -0.670. The lowest BCUT2D eigenvalue weighted by molar-refractivity contribution is -0.144. The fourth-order valence-electron chi connectivity index (χ4n) is 2.72. The van der Waals surface area contributed by atoms with E-state index in [1.54, 1.807) is 0 Å². The van der Waals surface area contributed by atoms with E-state index in [2.05, 4.69) is 5.32 Å². The Morgan fingerprint density at radius 3 is 2.33 bits per heavy atom. The largest absolute Gasteiger partial charge is 0.480 e. The molecule has 0 aromatic rings. The third-order valence-electron chi connectivity index (χ3n) is 4.14. The van der Waals surface area contributed by atoms with Crippen LogP contribution in [0.3, 0.4) is 0 Å². The second kappa shape index (κ2) is 6.21. The lowest BCUT2D eigenvalue weighted by atomic mass is 9.77. The molecule has 0 heterocycles. The van der Waals surface area contributed by atoms with E-state index in [0.717, 1.165) is 19.3 Å². The zero-order valence-electron chi connectivity index (χ0n) is 11.7. The van der Waals surface area contributed by atoms with Crippen LogP contribution in [0.5, 0.6) is 0 Å². The second-order valence-corrected chi connectivity index (χ2v) is 5.86. The van der Waals surface area contributed by atoms with Crippen molar-refractivity contribution in [2.24, 2.45) is 11.3 Å². The van der Waals surface area contributed by atoms with Crippen LogP contribution in [0.1, 0.15) is 59.3 Å². The van der Waals surface area contributed by atoms with Gasteiger partial charge in [0.2, 0.25) is 5.91 Å². The van der Waals surface area contributed by atoms with Crippen LogP contribution < -0.4 is 5.32 Å². The fraction of sp³-hybridized carbons (Fsp3) is 0.857. The minimum atomic E-state index is -0.938. The molecular formula is C14H25NO3. The van der Waals surface area contributed by atoms with E-state index in [-0.39, 0.29) is 5.91 Å². The predicted molar refractivity (Wildman–Crippen MR) is 70.2 cm³/mol. The van der Waals surface area contributed by atoms with Gasteiger partial charge in [0.05, 0.1) is 0 Å². The molecule has 1 fully saturated rings. The second-order valence-electron chi connectivity index (χ2n) is 5.86. The average molecular weight is 255 g/mol. The van der Waals surface area contributed by atoms with Gasteiger partial charge in [0.15, 0.2) is 0 Å². The maximum Gasteiger partial charge on any atom is 0.326 e. The Balaban J connectivity index is 2.64. The molecule has 104 valence electrons. The van der Waals surface area contributed by atoms with Gasteiger partial charge >= 0.3 is 5.97 Å². The number of carbonyl (C=O) groups is 2. The summed E-state index contributed by atoms with van der Waals surface area (Å²) < 4.78 is 0. The van der Waals surface area contributed by atoms with Crippen LogP contribution in [0.15, 0.2) is 0 Å². The lowest BCUT2D eigenvalue weighted by Gasteiger charge is -2.31. The molecule has 1 aliphatic carbocycles. The van der Waals surface area contributed by atoms with Gasteiger partial charge in [0, 0.05) is 5.41 Å². The molecule has 4 heteroatoms. The Hall–Kier alpha value is -1.06. The van der Waals surface area contributed by atoms with E-state index >= 15 is 0 Å². The fourth-order valence-corrected chi connectivity index (χ4v) is 2.72. The van der Waals surface area contributed by atoms with E-state index in [0.29, 0.717) is 12.3 Å². The molecular weight excluding hydrogens is 230 g/mol. The van der Waals surface area contributed by atoms with Gasteiger partial charge < -0.3 is 10.4 Å². The van der Waals surface area contributed by atoms with Gasteiger partial charge in [0.1, 0.15) is 6.04 Å². The number of carboxylic acid groups (broad SMARTS) is 1. The van der Waals surface area contributed by atoms with Crippen molar-refractivity contribution in [3.63, 3.8) is 0 Å². The first-order chi connectivity index (χ1) is 8.39. The monoisotopic (exact) mass is 255 g/mol. The Morgan fingerprint density at radius 2 is 1.89 bits per heavy atom. The van der Waals surface area contributed by atoms with Gasteiger partial charge in [-0.25, -0.2) is 4.79 Å². The molecule has 0 spiro atoms. The van der Waals surface area contributed by atoms with Gasteiger partial charge in [0.25, 0.3) is 0 Å². The summed E-state index contributed by atoms with van der Waals surface area (Å²) in [7, 11) is 0. The highest BCUT2D eigenvalue weighted by Crippen LogP contribution is 2.39. The lowest BCUT2D eigenvalue weighted by Crippen LogP contribution is -2.48. The molecule has 2 N–H and O–H groups in total. The van der Waals surface area contributed by atoms with Crippen LogP contribution in [0.25, 0.3) is 0 Å². The van der Waals surface area contributed by atoms with E-state index in [4.69, 9.17) is 5.11 Å². The van der Waals surface area contributed by atoms with Gasteiger partial charge in [-0.05, 0) is 25.2 Å². The highest BCUT2D eigenvalue weighted by Gasteiger charge is 2.39. The molecule has 1 amide bonds. The van der Waals surface area contributed by atoms with Crippen molar-refractivity contribution in [2.45, 2.75) is 65.3 Å². The Morgan fingerprint density at radius 1 is 1.33 bits per heavy atom. The number of amides is 1. The maximum atomic E-state index is 12.3. The maximum absolute atomic E-state index is 12.3. The molecule has 1 atom stereocenters. The minimum Gasteiger partial charge on any atom is -0.480 e. The summed E-state index contributed by atoms with van der Waals surface area (Å²) in [6.07, 6.45) is 5.75. The molecule has 1 saturated carbocycles. The van der Waals surface area contributed by atoms with Crippen LogP contribution >= 0.6 is 0 Å². The molecule has 18 heavy (non-hydrogen) atoms. The number of hydrogen-bond donors (Lipinski definition) is 2. The Bertz CT molecular complexity index is 306. The van der Waals surface area contributed by atoms with E-state index < -0.39 is 17.4 Å². The minimum absolute atomic E-state index is 0.116. The molecule has 0 saturated heterocycles.